The highest BCUT2D eigenvalue weighted by Crippen LogP contribution is 2.52. The van der Waals surface area contributed by atoms with E-state index in [4.69, 9.17) is 0 Å². The van der Waals surface area contributed by atoms with Gasteiger partial charge in [-0.3, -0.25) is 0 Å². The second kappa shape index (κ2) is 28.2. The maximum absolute atomic E-state index is 2.55. The van der Waals surface area contributed by atoms with E-state index in [9.17, 15) is 0 Å². The first-order chi connectivity index (χ1) is 54.8. The number of nitrogens with zero attached hydrogens (tertiary/aromatic N) is 6. The summed E-state index contributed by atoms with van der Waals surface area (Å²) in [5.74, 6) is 0. The fraction of sp³-hybridized carbons (Fsp3) is 0.0755. The van der Waals surface area contributed by atoms with Gasteiger partial charge >= 0.3 is 0 Å². The van der Waals surface area contributed by atoms with Gasteiger partial charge in [-0.15, -0.1) is 0 Å². The average molecular weight is 1440 g/mol. The zero-order valence-corrected chi connectivity index (χ0v) is 64.3. The average Bonchev–Trinajstić information content (AvgIpc) is 1.46. The SMILES string of the molecule is Cc1ccc(-c2cn(-c3c(-n4cc(-c5ccc(C)cc5)c(-c5ccc(C)cc5)c4)c(-n4cc(-c5ccc(C)cc5)c(-c5ccc(C)cc5)c4)c(-n4cc(-c5ccccc5)c5ccccc54)c(-n4cc(-c5ccccc5)c5ccccc54)c3-n3cc(-c4ccc(C)cc4)c(-c4ccc(C)cc4)c3)cc2-c2ccc(C)cc2)cc1. The summed E-state index contributed by atoms with van der Waals surface area (Å²) in [7, 11) is 0. The van der Waals surface area contributed by atoms with Crippen molar-refractivity contribution in [1.82, 2.24) is 27.4 Å². The molecular weight excluding hydrogens is 1360 g/mol. The highest BCUT2D eigenvalue weighted by Gasteiger charge is 2.36. The first-order valence-electron chi connectivity index (χ1n) is 38.8. The number of rotatable bonds is 16. The molecule has 19 rings (SSSR count). The first kappa shape index (κ1) is 68.6. The van der Waals surface area contributed by atoms with E-state index in [1.54, 1.807) is 0 Å². The van der Waals surface area contributed by atoms with Gasteiger partial charge in [-0.05, 0) is 123 Å². The Balaban J connectivity index is 1.12. The maximum atomic E-state index is 2.55. The summed E-state index contributed by atoms with van der Waals surface area (Å²) in [5, 5.41) is 2.25. The molecule has 0 aliphatic heterocycles. The largest absolute Gasteiger partial charge is 0.319 e. The topological polar surface area (TPSA) is 29.6 Å². The number of fused-ring (bicyclic) bond motifs is 2. The molecule has 6 heterocycles. The third-order valence-electron chi connectivity index (χ3n) is 22.7. The van der Waals surface area contributed by atoms with Crippen molar-refractivity contribution in [3.05, 3.63) is 410 Å². The van der Waals surface area contributed by atoms with Gasteiger partial charge in [0, 0.05) is 128 Å². The summed E-state index contributed by atoms with van der Waals surface area (Å²) in [5.41, 5.74) is 39.4. The molecule has 19 aromatic rings. The molecular formula is C106H84N6. The molecule has 0 amide bonds. The Morgan fingerprint density at radius 1 is 0.143 bits per heavy atom. The monoisotopic (exact) mass is 1440 g/mol. The lowest BCUT2D eigenvalue weighted by Gasteiger charge is -2.30. The van der Waals surface area contributed by atoms with E-state index in [-0.39, 0.29) is 0 Å². The van der Waals surface area contributed by atoms with Gasteiger partial charge in [0.05, 0.1) is 45.2 Å². The third-order valence-corrected chi connectivity index (χ3v) is 22.7. The van der Waals surface area contributed by atoms with Crippen LogP contribution in [0.3, 0.4) is 0 Å². The van der Waals surface area contributed by atoms with Crippen LogP contribution in [0.2, 0.25) is 0 Å². The van der Waals surface area contributed by atoms with Crippen LogP contribution in [-0.4, -0.2) is 27.4 Å². The first-order valence-corrected chi connectivity index (χ1v) is 38.8. The molecule has 0 bridgehead atoms. The lowest BCUT2D eigenvalue weighted by atomic mass is 9.98. The highest BCUT2D eigenvalue weighted by molar-refractivity contribution is 6.04. The summed E-state index contributed by atoms with van der Waals surface area (Å²) in [6.07, 6.45) is 24.3. The van der Waals surface area contributed by atoms with Crippen molar-refractivity contribution in [3.8, 4) is 145 Å². The maximum Gasteiger partial charge on any atom is 0.0986 e. The van der Waals surface area contributed by atoms with Crippen LogP contribution in [0.1, 0.15) is 44.5 Å². The van der Waals surface area contributed by atoms with Gasteiger partial charge in [0.15, 0.2) is 0 Å². The van der Waals surface area contributed by atoms with E-state index in [1.807, 2.05) is 0 Å². The molecule has 0 saturated heterocycles. The van der Waals surface area contributed by atoms with E-state index in [0.717, 1.165) is 167 Å². The van der Waals surface area contributed by atoms with Crippen LogP contribution in [0.5, 0.6) is 0 Å². The zero-order valence-electron chi connectivity index (χ0n) is 64.3. The standard InChI is InChI=1S/C106H84N6/c1-69-27-43-79(44-28-69)89-59-107(60-90(89)80-45-29-70(2)30-46-80)101-102(108-61-91(81-47-31-71(3)32-48-81)92(62-108)82-49-33-72(4)34-50-82)104(110-65-95(85-55-39-75(7)40-56-85)96(66-110)86-57-41-76(8)42-58-86)106(112-68-98(78-21-13-10-14-22-78)88-24-16-18-26-100(88)112)105(111-67-97(77-19-11-9-12-20-77)87-23-15-17-25-99(87)111)103(101)109-63-93(83-51-35-73(5)36-52-83)94(64-109)84-53-37-74(6)38-54-84/h9-68H,1-8H3. The summed E-state index contributed by atoms with van der Waals surface area (Å²) in [4.78, 5) is 0. The molecule has 0 aliphatic rings. The van der Waals surface area contributed by atoms with E-state index in [0.29, 0.717) is 0 Å². The van der Waals surface area contributed by atoms with Crippen LogP contribution in [-0.2, 0) is 0 Å². The minimum Gasteiger partial charge on any atom is -0.319 e. The van der Waals surface area contributed by atoms with Gasteiger partial charge < -0.3 is 27.4 Å². The van der Waals surface area contributed by atoms with Gasteiger partial charge in [-0.2, -0.15) is 0 Å². The molecule has 6 nitrogen and oxygen atoms in total. The summed E-state index contributed by atoms with van der Waals surface area (Å²) >= 11 is 0. The van der Waals surface area contributed by atoms with Gasteiger partial charge in [0.2, 0.25) is 0 Å². The van der Waals surface area contributed by atoms with Crippen LogP contribution in [0.25, 0.3) is 167 Å². The molecule has 112 heavy (non-hydrogen) atoms. The molecule has 0 spiro atoms. The van der Waals surface area contributed by atoms with Crippen LogP contribution in [0.4, 0.5) is 0 Å². The Morgan fingerprint density at radius 3 is 0.518 bits per heavy atom. The molecule has 6 heteroatoms. The zero-order chi connectivity index (χ0) is 75.8. The predicted octanol–water partition coefficient (Wildman–Crippen LogP) is 27.9. The van der Waals surface area contributed by atoms with Crippen LogP contribution < -0.4 is 0 Å². The highest BCUT2D eigenvalue weighted by atomic mass is 15.2. The van der Waals surface area contributed by atoms with Gasteiger partial charge in [0.1, 0.15) is 0 Å². The summed E-state index contributed by atoms with van der Waals surface area (Å²) in [6, 6.07) is 113. The minimum atomic E-state index is 0.934. The minimum absolute atomic E-state index is 0.934. The Kier molecular flexibility index (Phi) is 17.3. The molecule has 13 aromatic carbocycles. The van der Waals surface area contributed by atoms with Crippen LogP contribution in [0, 0.1) is 55.4 Å². The van der Waals surface area contributed by atoms with Crippen molar-refractivity contribution in [2.45, 2.75) is 55.4 Å². The molecule has 538 valence electrons. The molecule has 6 aromatic heterocycles. The molecule has 0 fully saturated rings. The van der Waals surface area contributed by atoms with Crippen molar-refractivity contribution < 1.29 is 0 Å². The Morgan fingerprint density at radius 2 is 0.312 bits per heavy atom. The molecule has 0 radical (unpaired) electrons. The Hall–Kier alpha value is -13.9. The van der Waals surface area contributed by atoms with Crippen molar-refractivity contribution in [3.63, 3.8) is 0 Å². The molecule has 0 aliphatic carbocycles. The van der Waals surface area contributed by atoms with Crippen molar-refractivity contribution in [2.75, 3.05) is 0 Å². The second-order valence-corrected chi connectivity index (χ2v) is 30.6. The molecule has 0 unspecified atom stereocenters. The summed E-state index contributed by atoms with van der Waals surface area (Å²) in [6.45, 7) is 17.4. The molecule has 0 N–H and O–H groups in total. The number of aromatic nitrogens is 6. The smallest absolute Gasteiger partial charge is 0.0986 e. The van der Waals surface area contributed by atoms with E-state index < -0.39 is 0 Å². The third kappa shape index (κ3) is 12.4. The van der Waals surface area contributed by atoms with E-state index >= 15 is 0 Å². The van der Waals surface area contributed by atoms with E-state index in [2.05, 4.69) is 448 Å². The quantitative estimate of drug-likeness (QED) is 0.0923. The fourth-order valence-corrected chi connectivity index (χ4v) is 16.6. The number of aryl methyl sites for hydroxylation is 8. The predicted molar refractivity (Wildman–Crippen MR) is 470 cm³/mol. The van der Waals surface area contributed by atoms with Crippen molar-refractivity contribution in [1.29, 1.82) is 0 Å². The van der Waals surface area contributed by atoms with Crippen molar-refractivity contribution >= 4 is 21.8 Å². The van der Waals surface area contributed by atoms with Crippen molar-refractivity contribution in [2.24, 2.45) is 0 Å². The molecule has 0 atom stereocenters. The number of para-hydroxylation sites is 2. The second-order valence-electron chi connectivity index (χ2n) is 30.6. The van der Waals surface area contributed by atoms with Gasteiger partial charge in [-0.25, -0.2) is 0 Å². The van der Waals surface area contributed by atoms with Gasteiger partial charge in [0.25, 0.3) is 0 Å². The van der Waals surface area contributed by atoms with Crippen LogP contribution in [0.15, 0.2) is 365 Å². The number of hydrogen-bond donors (Lipinski definition) is 0. The lowest BCUT2D eigenvalue weighted by Crippen LogP contribution is -2.18. The Labute approximate surface area is 655 Å². The van der Waals surface area contributed by atoms with E-state index in [1.165, 1.54) is 44.5 Å². The number of benzene rings is 13. The normalized spacial score (nSPS) is 11.6. The van der Waals surface area contributed by atoms with Crippen LogP contribution >= 0.6 is 0 Å². The Bertz CT molecular complexity index is 6050. The number of hydrogen-bond acceptors (Lipinski definition) is 0. The lowest BCUT2D eigenvalue weighted by molar-refractivity contribution is 0.902. The fourth-order valence-electron chi connectivity index (χ4n) is 16.6. The van der Waals surface area contributed by atoms with Gasteiger partial charge in [-0.1, -0.05) is 336 Å². The summed E-state index contributed by atoms with van der Waals surface area (Å²) < 4.78 is 15.1. The molecule has 0 saturated carbocycles.